The average molecular weight is 438 g/mol. The highest BCUT2D eigenvalue weighted by atomic mass is 19.4. The van der Waals surface area contributed by atoms with Gasteiger partial charge in [0.1, 0.15) is 0 Å². The molecule has 0 aliphatic carbocycles. The van der Waals surface area contributed by atoms with Crippen molar-refractivity contribution in [1.29, 1.82) is 0 Å². The molecule has 0 bridgehead atoms. The first-order chi connectivity index (χ1) is 14.6. The van der Waals surface area contributed by atoms with Gasteiger partial charge in [-0.15, -0.1) is 0 Å². The smallest absolute Gasteiger partial charge is 0.350 e. The van der Waals surface area contributed by atoms with E-state index in [4.69, 9.17) is 0 Å². The number of aryl methyl sites for hydroxylation is 1. The van der Waals surface area contributed by atoms with Gasteiger partial charge in [-0.3, -0.25) is 4.90 Å². The van der Waals surface area contributed by atoms with Crippen molar-refractivity contribution in [2.75, 3.05) is 6.54 Å². The third-order valence-corrected chi connectivity index (χ3v) is 5.58. The van der Waals surface area contributed by atoms with Gasteiger partial charge in [0.05, 0.1) is 17.2 Å². The van der Waals surface area contributed by atoms with E-state index >= 15 is 0 Å². The summed E-state index contributed by atoms with van der Waals surface area (Å²) in [6.45, 7) is 1.08. The Kier molecular flexibility index (Phi) is 5.60. The SMILES string of the molecule is FC(F)(F)c1cccc(C2c3cccn3CCCN2Cc2ccccc2C(F)(F)F)c1. The van der Waals surface area contributed by atoms with Crippen LogP contribution in [0.5, 0.6) is 0 Å². The fourth-order valence-corrected chi connectivity index (χ4v) is 4.23. The fraction of sp³-hybridized carbons (Fsp3) is 0.304. The van der Waals surface area contributed by atoms with Crippen LogP contribution in [0.25, 0.3) is 0 Å². The maximum absolute atomic E-state index is 13.5. The maximum atomic E-state index is 13.5. The molecule has 4 rings (SSSR count). The quantitative estimate of drug-likeness (QED) is 0.423. The van der Waals surface area contributed by atoms with Gasteiger partial charge in [0.2, 0.25) is 0 Å². The zero-order valence-electron chi connectivity index (χ0n) is 16.4. The lowest BCUT2D eigenvalue weighted by molar-refractivity contribution is -0.139. The zero-order chi connectivity index (χ0) is 22.2. The summed E-state index contributed by atoms with van der Waals surface area (Å²) in [7, 11) is 0. The molecule has 1 aliphatic heterocycles. The van der Waals surface area contributed by atoms with Crippen LogP contribution < -0.4 is 0 Å². The van der Waals surface area contributed by atoms with E-state index in [1.807, 2.05) is 27.8 Å². The number of hydrogen-bond acceptors (Lipinski definition) is 1. The Hall–Kier alpha value is -2.74. The lowest BCUT2D eigenvalue weighted by Gasteiger charge is -2.31. The van der Waals surface area contributed by atoms with Gasteiger partial charge in [-0.2, -0.15) is 26.3 Å². The summed E-state index contributed by atoms with van der Waals surface area (Å²) in [6.07, 6.45) is -6.49. The first-order valence-corrected chi connectivity index (χ1v) is 9.86. The van der Waals surface area contributed by atoms with Gasteiger partial charge in [-0.25, -0.2) is 0 Å². The zero-order valence-corrected chi connectivity index (χ0v) is 16.4. The topological polar surface area (TPSA) is 8.17 Å². The van der Waals surface area contributed by atoms with Crippen LogP contribution in [0.2, 0.25) is 0 Å². The third kappa shape index (κ3) is 4.49. The summed E-state index contributed by atoms with van der Waals surface area (Å²) in [5.41, 5.74) is -0.227. The van der Waals surface area contributed by atoms with Crippen LogP contribution in [0.4, 0.5) is 26.3 Å². The molecule has 3 aromatic rings. The molecule has 8 heteroatoms. The van der Waals surface area contributed by atoms with Crippen LogP contribution in [0.15, 0.2) is 66.9 Å². The first kappa shape index (κ1) is 21.5. The second kappa shape index (κ2) is 8.07. The highest BCUT2D eigenvalue weighted by molar-refractivity contribution is 5.35. The van der Waals surface area contributed by atoms with Crippen LogP contribution in [-0.4, -0.2) is 16.0 Å². The molecule has 0 saturated carbocycles. The van der Waals surface area contributed by atoms with E-state index in [1.54, 1.807) is 12.1 Å². The van der Waals surface area contributed by atoms with Crippen molar-refractivity contribution in [3.63, 3.8) is 0 Å². The minimum Gasteiger partial charge on any atom is -0.350 e. The van der Waals surface area contributed by atoms with E-state index in [0.717, 1.165) is 23.9 Å². The molecule has 1 aromatic heterocycles. The molecule has 0 spiro atoms. The predicted octanol–water partition coefficient (Wildman–Crippen LogP) is 6.52. The number of benzene rings is 2. The van der Waals surface area contributed by atoms with Gasteiger partial charge in [-0.1, -0.05) is 30.3 Å². The molecule has 1 aliphatic rings. The Bertz CT molecular complexity index is 1050. The average Bonchev–Trinajstić information content (AvgIpc) is 3.08. The number of fused-ring (bicyclic) bond motifs is 1. The summed E-state index contributed by atoms with van der Waals surface area (Å²) >= 11 is 0. The van der Waals surface area contributed by atoms with E-state index in [1.165, 1.54) is 18.2 Å². The van der Waals surface area contributed by atoms with Crippen LogP contribution in [-0.2, 0) is 25.4 Å². The molecule has 0 fully saturated rings. The number of aromatic nitrogens is 1. The number of nitrogens with zero attached hydrogens (tertiary/aromatic N) is 2. The normalized spacial score (nSPS) is 17.9. The standard InChI is InChI=1S/C23H20F6N2/c24-22(25,26)18-8-3-7-16(14-18)21-20-10-4-11-30(20)12-5-13-31(21)15-17-6-1-2-9-19(17)23(27,28)29/h1-4,6-11,14,21H,5,12-13,15H2. The maximum Gasteiger partial charge on any atom is 0.416 e. The minimum absolute atomic E-state index is 0.0260. The Morgan fingerprint density at radius 2 is 1.58 bits per heavy atom. The van der Waals surface area contributed by atoms with E-state index in [2.05, 4.69) is 0 Å². The van der Waals surface area contributed by atoms with Crippen molar-refractivity contribution in [2.24, 2.45) is 0 Å². The van der Waals surface area contributed by atoms with Crippen LogP contribution >= 0.6 is 0 Å². The Balaban J connectivity index is 1.79. The van der Waals surface area contributed by atoms with Crippen molar-refractivity contribution < 1.29 is 26.3 Å². The Morgan fingerprint density at radius 3 is 2.32 bits per heavy atom. The molecule has 2 aromatic carbocycles. The summed E-state index contributed by atoms with van der Waals surface area (Å²) in [6, 6.07) is 13.4. The van der Waals surface area contributed by atoms with Crippen molar-refractivity contribution in [3.8, 4) is 0 Å². The molecule has 2 heterocycles. The van der Waals surface area contributed by atoms with Gasteiger partial charge < -0.3 is 4.57 Å². The minimum atomic E-state index is -4.51. The Labute approximate surface area is 175 Å². The van der Waals surface area contributed by atoms with Crippen molar-refractivity contribution in [1.82, 2.24) is 9.47 Å². The predicted molar refractivity (Wildman–Crippen MR) is 104 cm³/mol. The molecule has 164 valence electrons. The van der Waals surface area contributed by atoms with Crippen molar-refractivity contribution >= 4 is 0 Å². The number of rotatable bonds is 3. The van der Waals surface area contributed by atoms with E-state index < -0.39 is 29.5 Å². The first-order valence-electron chi connectivity index (χ1n) is 9.86. The van der Waals surface area contributed by atoms with Crippen molar-refractivity contribution in [2.45, 2.75) is 37.9 Å². The molecule has 0 N–H and O–H groups in total. The molecule has 0 amide bonds. The molecule has 1 unspecified atom stereocenters. The lowest BCUT2D eigenvalue weighted by Crippen LogP contribution is -2.30. The second-order valence-electron chi connectivity index (χ2n) is 7.63. The van der Waals surface area contributed by atoms with Crippen LogP contribution in [0, 0.1) is 0 Å². The van der Waals surface area contributed by atoms with E-state index in [0.29, 0.717) is 25.1 Å². The number of halogens is 6. The van der Waals surface area contributed by atoms with E-state index in [-0.39, 0.29) is 12.1 Å². The number of alkyl halides is 6. The van der Waals surface area contributed by atoms with Crippen molar-refractivity contribution in [3.05, 3.63) is 94.8 Å². The Morgan fingerprint density at radius 1 is 0.806 bits per heavy atom. The van der Waals surface area contributed by atoms with Crippen LogP contribution in [0.3, 0.4) is 0 Å². The van der Waals surface area contributed by atoms with Crippen LogP contribution in [0.1, 0.15) is 40.4 Å². The number of hydrogen-bond donors (Lipinski definition) is 0. The molecular weight excluding hydrogens is 418 g/mol. The van der Waals surface area contributed by atoms with Gasteiger partial charge >= 0.3 is 12.4 Å². The molecule has 0 radical (unpaired) electrons. The molecule has 0 saturated heterocycles. The summed E-state index contributed by atoms with van der Waals surface area (Å²) in [5.74, 6) is 0. The molecular formula is C23H20F6N2. The third-order valence-electron chi connectivity index (χ3n) is 5.58. The molecule has 1 atom stereocenters. The van der Waals surface area contributed by atoms with Gasteiger partial charge in [-0.05, 0) is 47.9 Å². The summed E-state index contributed by atoms with van der Waals surface area (Å²) in [5, 5.41) is 0. The largest absolute Gasteiger partial charge is 0.416 e. The lowest BCUT2D eigenvalue weighted by atomic mass is 9.98. The second-order valence-corrected chi connectivity index (χ2v) is 7.63. The summed E-state index contributed by atoms with van der Waals surface area (Å²) < 4.78 is 82.6. The highest BCUT2D eigenvalue weighted by Crippen LogP contribution is 2.38. The molecule has 31 heavy (non-hydrogen) atoms. The summed E-state index contributed by atoms with van der Waals surface area (Å²) in [4.78, 5) is 1.83. The van der Waals surface area contributed by atoms with Gasteiger partial charge in [0.25, 0.3) is 0 Å². The fourth-order valence-electron chi connectivity index (χ4n) is 4.23. The highest BCUT2D eigenvalue weighted by Gasteiger charge is 2.36. The van der Waals surface area contributed by atoms with E-state index in [9.17, 15) is 26.3 Å². The molecule has 2 nitrogen and oxygen atoms in total. The van der Waals surface area contributed by atoms with Gasteiger partial charge in [0, 0.05) is 31.5 Å². The monoisotopic (exact) mass is 438 g/mol. The van der Waals surface area contributed by atoms with Gasteiger partial charge in [0.15, 0.2) is 0 Å².